The van der Waals surface area contributed by atoms with Crippen molar-refractivity contribution < 1.29 is 22.7 Å². The molecule has 5 fully saturated rings. The van der Waals surface area contributed by atoms with Crippen molar-refractivity contribution in [2.45, 2.75) is 80.3 Å². The number of amides is 1. The number of sulfonamides is 1. The van der Waals surface area contributed by atoms with Crippen molar-refractivity contribution in [3.8, 4) is 17.2 Å². The van der Waals surface area contributed by atoms with Crippen molar-refractivity contribution in [1.82, 2.24) is 34.4 Å². The number of carbonyl (C=O) groups is 1. The first-order valence-corrected chi connectivity index (χ1v) is 24.6. The lowest BCUT2D eigenvalue weighted by Crippen LogP contribution is -2.55. The van der Waals surface area contributed by atoms with Crippen LogP contribution in [0.3, 0.4) is 0 Å². The van der Waals surface area contributed by atoms with Gasteiger partial charge in [-0.2, -0.15) is 0 Å². The number of piperazine rings is 1. The fraction of sp³-hybridized carbons (Fsp3) is 0.479. The summed E-state index contributed by atoms with van der Waals surface area (Å²) in [6, 6.07) is 18.6. The van der Waals surface area contributed by atoms with Gasteiger partial charge in [-0.05, 0) is 106 Å². The van der Waals surface area contributed by atoms with Gasteiger partial charge < -0.3 is 35.3 Å². The van der Waals surface area contributed by atoms with Gasteiger partial charge in [0.25, 0.3) is 15.9 Å². The zero-order chi connectivity index (χ0) is 43.6. The molecule has 2 aliphatic carbocycles. The van der Waals surface area contributed by atoms with E-state index >= 15 is 0 Å². The number of nitrogens with one attached hydrogen (secondary N) is 3. The van der Waals surface area contributed by atoms with Crippen LogP contribution in [0.25, 0.3) is 11.0 Å². The molecule has 336 valence electrons. The number of hydrogen-bond acceptors (Lipinski definition) is 13. The van der Waals surface area contributed by atoms with Crippen molar-refractivity contribution in [2.75, 3.05) is 82.0 Å². The van der Waals surface area contributed by atoms with E-state index in [0.29, 0.717) is 46.9 Å². The molecule has 4 aliphatic heterocycles. The quantitative estimate of drug-likeness (QED) is 0.108. The largest absolute Gasteiger partial charge is 0.489 e. The second-order valence-electron chi connectivity index (χ2n) is 19.2. The number of likely N-dealkylation sites (tertiary alicyclic amines) is 1. The predicted molar refractivity (Wildman–Crippen MR) is 247 cm³/mol. The number of aromatic amines is 1. The molecule has 3 aromatic heterocycles. The normalized spacial score (nSPS) is 23.0. The highest BCUT2D eigenvalue weighted by Crippen LogP contribution is 2.55. The first kappa shape index (κ1) is 41.3. The van der Waals surface area contributed by atoms with Crippen LogP contribution in [0.2, 0.25) is 0 Å². The van der Waals surface area contributed by atoms with Crippen LogP contribution in [0.15, 0.2) is 78.1 Å². The number of carbonyl (C=O) groups excluding carboxylic acids is 1. The van der Waals surface area contributed by atoms with Crippen LogP contribution in [0.4, 0.5) is 17.1 Å². The summed E-state index contributed by atoms with van der Waals surface area (Å²) in [5.74, 6) is 0.654. The van der Waals surface area contributed by atoms with E-state index in [-0.39, 0.29) is 28.1 Å². The lowest BCUT2D eigenvalue weighted by Gasteiger charge is -2.56. The van der Waals surface area contributed by atoms with Crippen molar-refractivity contribution in [2.24, 2.45) is 5.41 Å². The topological polar surface area (TPSA) is 174 Å². The number of nitrogens with zero attached hydrogens (tertiary/aromatic N) is 6. The molecule has 15 nitrogen and oxygen atoms in total. The maximum absolute atomic E-state index is 14.0. The number of H-pyrrole nitrogens is 1. The van der Waals surface area contributed by atoms with Crippen LogP contribution in [0.1, 0.15) is 84.9 Å². The predicted octanol–water partition coefficient (Wildman–Crippen LogP) is 6.33. The molecular formula is C48H58N10O5S. The Labute approximate surface area is 374 Å². The summed E-state index contributed by atoms with van der Waals surface area (Å²) >= 11 is 0. The molecule has 3 saturated heterocycles. The minimum absolute atomic E-state index is 0.00853. The molecule has 5 N–H and O–H groups in total. The van der Waals surface area contributed by atoms with Gasteiger partial charge in [-0.25, -0.2) is 23.1 Å². The molecule has 11 rings (SSSR count). The van der Waals surface area contributed by atoms with E-state index in [9.17, 15) is 13.2 Å². The van der Waals surface area contributed by atoms with Crippen LogP contribution in [0, 0.1) is 5.41 Å². The maximum Gasteiger partial charge on any atom is 0.287 e. The van der Waals surface area contributed by atoms with Crippen LogP contribution in [0.5, 0.6) is 17.2 Å². The number of fused-ring (bicyclic) bond motifs is 2. The summed E-state index contributed by atoms with van der Waals surface area (Å²) < 4.78 is 42.4. The minimum Gasteiger partial charge on any atom is -0.489 e. The van der Waals surface area contributed by atoms with Gasteiger partial charge >= 0.3 is 0 Å². The molecule has 6 aliphatic rings. The molecule has 5 aromatic rings. The number of pyridine rings is 2. The summed E-state index contributed by atoms with van der Waals surface area (Å²) in [5, 5.41) is 4.28. The highest BCUT2D eigenvalue weighted by Gasteiger charge is 2.50. The summed E-state index contributed by atoms with van der Waals surface area (Å²) in [6.07, 6.45) is 14.8. The molecule has 2 saturated carbocycles. The molecule has 1 spiro atoms. The Balaban J connectivity index is 0.780. The molecule has 0 radical (unpaired) electrons. The van der Waals surface area contributed by atoms with Crippen molar-refractivity contribution in [1.29, 1.82) is 0 Å². The number of benzene rings is 2. The fourth-order valence-electron chi connectivity index (χ4n) is 11.1. The maximum atomic E-state index is 14.0. The van der Waals surface area contributed by atoms with Crippen molar-refractivity contribution in [3.63, 3.8) is 0 Å². The average molecular weight is 887 g/mol. The third-order valence-corrected chi connectivity index (χ3v) is 16.1. The van der Waals surface area contributed by atoms with Crippen LogP contribution in [-0.2, 0) is 10.0 Å². The summed E-state index contributed by atoms with van der Waals surface area (Å²) in [4.78, 5) is 35.8. The van der Waals surface area contributed by atoms with Gasteiger partial charge in [0.1, 0.15) is 29.4 Å². The number of anilines is 3. The third-order valence-electron chi connectivity index (χ3n) is 14.8. The Morgan fingerprint density at radius 1 is 0.953 bits per heavy atom. The van der Waals surface area contributed by atoms with Crippen molar-refractivity contribution in [3.05, 3.63) is 90.0 Å². The standard InChI is InChI=1S/C48H58N10O5S/c1-55-17-19-56(20-18-55)29-33-30-62-42-24-37(23-40(49)44(42)53-33)64(60,61)54-47(59)45-43(63-36-21-32-10-13-50-46(32)52-28-36)22-34(27-51-45)57-15-11-48(12-16-57)25-35(26-48)58-14-4-7-41(58)39-6-3-2-5-38(39)31-8-9-31/h2-3,5-6,10,13,21-24,27-28,31,33,35,41,53H,4,7-9,11-12,14-20,25-26,29-30,49H2,1H3,(H,50,52)(H,54,59)/t33-,41?/m0/s1. The number of hydrogen-bond donors (Lipinski definition) is 4. The second-order valence-corrected chi connectivity index (χ2v) is 20.8. The van der Waals surface area contributed by atoms with E-state index in [1.807, 2.05) is 12.1 Å². The Hall–Kier alpha value is -5.42. The third kappa shape index (κ3) is 8.13. The van der Waals surface area contributed by atoms with Crippen LogP contribution in [-0.4, -0.2) is 122 Å². The minimum atomic E-state index is -4.42. The summed E-state index contributed by atoms with van der Waals surface area (Å²) in [6.45, 7) is 7.96. The van der Waals surface area contributed by atoms with Crippen LogP contribution < -0.4 is 30.1 Å². The first-order chi connectivity index (χ1) is 31.1. The number of piperidine rings is 1. The molecule has 0 bridgehead atoms. The molecule has 2 aromatic carbocycles. The molecule has 2 atom stereocenters. The van der Waals surface area contributed by atoms with Crippen molar-refractivity contribution >= 4 is 44.0 Å². The number of nitrogen functional groups attached to an aromatic ring is 1. The summed E-state index contributed by atoms with van der Waals surface area (Å²) in [7, 11) is -2.29. The van der Waals surface area contributed by atoms with Gasteiger partial charge in [-0.1, -0.05) is 24.3 Å². The van der Waals surface area contributed by atoms with Gasteiger partial charge in [0.15, 0.2) is 11.4 Å². The van der Waals surface area contributed by atoms with Gasteiger partial charge in [0.2, 0.25) is 0 Å². The van der Waals surface area contributed by atoms with E-state index in [2.05, 4.69) is 75.9 Å². The zero-order valence-corrected chi connectivity index (χ0v) is 37.3. The first-order valence-electron chi connectivity index (χ1n) is 23.1. The SMILES string of the molecule is CN1CCN(C[C@H]2COc3cc(S(=O)(=O)NC(=O)c4ncc(N5CCC6(CC5)CC(N5CCCC5c5ccccc5C5CC5)C6)cc4Oc4cnc5[nH]ccc5c4)cc(N)c3N2)CC1. The molecule has 1 amide bonds. The van der Waals surface area contributed by atoms with E-state index < -0.39 is 15.9 Å². The lowest BCUT2D eigenvalue weighted by molar-refractivity contribution is -0.0227. The lowest BCUT2D eigenvalue weighted by atomic mass is 9.59. The van der Waals surface area contributed by atoms with Gasteiger partial charge in [0, 0.05) is 81.6 Å². The van der Waals surface area contributed by atoms with Gasteiger partial charge in [0.05, 0.1) is 34.7 Å². The van der Waals surface area contributed by atoms with Gasteiger partial charge in [-0.3, -0.25) is 14.6 Å². The Kier molecular flexibility index (Phi) is 10.7. The highest BCUT2D eigenvalue weighted by molar-refractivity contribution is 7.90. The fourth-order valence-corrected chi connectivity index (χ4v) is 12.1. The Bertz CT molecular complexity index is 2660. The smallest absolute Gasteiger partial charge is 0.287 e. The van der Waals surface area contributed by atoms with E-state index in [1.54, 1.807) is 35.8 Å². The van der Waals surface area contributed by atoms with E-state index in [4.69, 9.17) is 15.2 Å². The van der Waals surface area contributed by atoms with Gasteiger partial charge in [-0.15, -0.1) is 0 Å². The number of ether oxygens (including phenoxy) is 2. The van der Waals surface area contributed by atoms with E-state index in [1.165, 1.54) is 57.2 Å². The average Bonchev–Trinajstić information content (AvgIpc) is 3.83. The molecule has 1 unspecified atom stereocenters. The second kappa shape index (κ2) is 16.5. The molecule has 7 heterocycles. The Morgan fingerprint density at radius 3 is 2.55 bits per heavy atom. The van der Waals surface area contributed by atoms with E-state index in [0.717, 1.165) is 75.6 Å². The number of nitrogens with two attached hydrogens (primary N) is 1. The number of rotatable bonds is 11. The number of aromatic nitrogens is 3. The number of likely N-dealkylation sites (N-methyl/N-ethyl adjacent to an activating group) is 1. The molecular weight excluding hydrogens is 829 g/mol. The van der Waals surface area contributed by atoms with Crippen LogP contribution >= 0.6 is 0 Å². The zero-order valence-electron chi connectivity index (χ0n) is 36.5. The monoisotopic (exact) mass is 886 g/mol. The Morgan fingerprint density at radius 2 is 1.75 bits per heavy atom. The molecule has 16 heteroatoms. The summed E-state index contributed by atoms with van der Waals surface area (Å²) in [5.41, 5.74) is 12.0. The molecule has 64 heavy (non-hydrogen) atoms. The highest BCUT2D eigenvalue weighted by atomic mass is 32.2.